The van der Waals surface area contributed by atoms with Crippen molar-refractivity contribution in [3.63, 3.8) is 0 Å². The van der Waals surface area contributed by atoms with E-state index in [4.69, 9.17) is 17.3 Å². The molecule has 1 aromatic carbocycles. The van der Waals surface area contributed by atoms with Gasteiger partial charge in [0.2, 0.25) is 0 Å². The molecule has 0 aliphatic carbocycles. The maximum absolute atomic E-state index is 6.36. The Morgan fingerprint density at radius 1 is 1.40 bits per heavy atom. The summed E-state index contributed by atoms with van der Waals surface area (Å²) >= 11 is 9.88. The molecule has 0 radical (unpaired) electrons. The first kappa shape index (κ1) is 16.2. The molecule has 3 nitrogen and oxygen atoms in total. The van der Waals surface area contributed by atoms with Crippen molar-refractivity contribution in [1.29, 1.82) is 0 Å². The van der Waals surface area contributed by atoms with E-state index in [1.54, 1.807) is 0 Å². The standard InChI is InChI=1S/C15H23BrClN3/c1-19(2)12-5-7-20(8-6-12)15(10-18)13-9-11(16)3-4-14(13)17/h3-4,9,12,15H,5-8,10,18H2,1-2H3. The topological polar surface area (TPSA) is 32.5 Å². The van der Waals surface area contributed by atoms with Gasteiger partial charge in [-0.1, -0.05) is 27.5 Å². The van der Waals surface area contributed by atoms with Crippen LogP contribution in [0.5, 0.6) is 0 Å². The van der Waals surface area contributed by atoms with Crippen LogP contribution in [0.15, 0.2) is 22.7 Å². The van der Waals surface area contributed by atoms with Gasteiger partial charge in [-0.15, -0.1) is 0 Å². The van der Waals surface area contributed by atoms with E-state index in [-0.39, 0.29) is 6.04 Å². The van der Waals surface area contributed by atoms with Crippen LogP contribution in [0.25, 0.3) is 0 Å². The normalized spacial score (nSPS) is 19.5. The van der Waals surface area contributed by atoms with Gasteiger partial charge in [0, 0.05) is 41.2 Å². The summed E-state index contributed by atoms with van der Waals surface area (Å²) < 4.78 is 1.05. The Labute approximate surface area is 135 Å². The highest BCUT2D eigenvalue weighted by Gasteiger charge is 2.27. The van der Waals surface area contributed by atoms with E-state index in [1.165, 1.54) is 12.8 Å². The molecule has 1 aliphatic heterocycles. The minimum absolute atomic E-state index is 0.211. The van der Waals surface area contributed by atoms with Crippen LogP contribution < -0.4 is 5.73 Å². The smallest absolute Gasteiger partial charge is 0.0485 e. The van der Waals surface area contributed by atoms with Crippen molar-refractivity contribution in [3.05, 3.63) is 33.3 Å². The fourth-order valence-corrected chi connectivity index (χ4v) is 3.58. The Balaban J connectivity index is 2.11. The van der Waals surface area contributed by atoms with Crippen LogP contribution in [0.3, 0.4) is 0 Å². The molecule has 1 unspecified atom stereocenters. The molecule has 0 bridgehead atoms. The van der Waals surface area contributed by atoms with Gasteiger partial charge in [0.1, 0.15) is 0 Å². The largest absolute Gasteiger partial charge is 0.329 e. The highest BCUT2D eigenvalue weighted by molar-refractivity contribution is 9.10. The lowest BCUT2D eigenvalue weighted by Gasteiger charge is -2.39. The molecular formula is C15H23BrClN3. The molecule has 2 N–H and O–H groups in total. The van der Waals surface area contributed by atoms with Gasteiger partial charge in [0.15, 0.2) is 0 Å². The Hall–Kier alpha value is -0.130. The molecule has 0 spiro atoms. The fraction of sp³-hybridized carbons (Fsp3) is 0.600. The van der Waals surface area contributed by atoms with E-state index in [0.717, 1.165) is 28.1 Å². The van der Waals surface area contributed by atoms with Crippen molar-refractivity contribution in [2.75, 3.05) is 33.7 Å². The van der Waals surface area contributed by atoms with Gasteiger partial charge in [0.25, 0.3) is 0 Å². The lowest BCUT2D eigenvalue weighted by molar-refractivity contribution is 0.111. The highest BCUT2D eigenvalue weighted by atomic mass is 79.9. The van der Waals surface area contributed by atoms with Gasteiger partial charge < -0.3 is 10.6 Å². The zero-order valence-electron chi connectivity index (χ0n) is 12.1. The van der Waals surface area contributed by atoms with Crippen molar-refractivity contribution in [3.8, 4) is 0 Å². The Kier molecular flexibility index (Phi) is 5.87. The van der Waals surface area contributed by atoms with Crippen LogP contribution >= 0.6 is 27.5 Å². The average Bonchev–Trinajstić information content (AvgIpc) is 2.44. The number of hydrogen-bond donors (Lipinski definition) is 1. The van der Waals surface area contributed by atoms with Crippen LogP contribution in [-0.2, 0) is 0 Å². The molecule has 20 heavy (non-hydrogen) atoms. The number of benzene rings is 1. The highest BCUT2D eigenvalue weighted by Crippen LogP contribution is 2.31. The van der Waals surface area contributed by atoms with E-state index in [1.807, 2.05) is 12.1 Å². The number of nitrogens with two attached hydrogens (primary N) is 1. The van der Waals surface area contributed by atoms with Crippen LogP contribution in [0.4, 0.5) is 0 Å². The summed E-state index contributed by atoms with van der Waals surface area (Å²) in [6.07, 6.45) is 2.38. The molecule has 0 amide bonds. The molecule has 2 rings (SSSR count). The Morgan fingerprint density at radius 3 is 2.60 bits per heavy atom. The van der Waals surface area contributed by atoms with Crippen LogP contribution in [0, 0.1) is 0 Å². The first-order valence-electron chi connectivity index (χ1n) is 7.08. The van der Waals surface area contributed by atoms with Gasteiger partial charge in [-0.05, 0) is 50.7 Å². The van der Waals surface area contributed by atoms with Crippen molar-refractivity contribution in [1.82, 2.24) is 9.80 Å². The van der Waals surface area contributed by atoms with Crippen LogP contribution in [0.1, 0.15) is 24.4 Å². The molecule has 1 atom stereocenters. The summed E-state index contributed by atoms with van der Waals surface area (Å²) in [5.41, 5.74) is 7.15. The molecule has 1 aliphatic rings. The summed E-state index contributed by atoms with van der Waals surface area (Å²) in [6.45, 7) is 2.75. The lowest BCUT2D eigenvalue weighted by atomic mass is 9.98. The summed E-state index contributed by atoms with van der Waals surface area (Å²) in [5, 5.41) is 0.804. The maximum Gasteiger partial charge on any atom is 0.0485 e. The zero-order chi connectivity index (χ0) is 14.7. The van der Waals surface area contributed by atoms with E-state index in [9.17, 15) is 0 Å². The van der Waals surface area contributed by atoms with E-state index >= 15 is 0 Å². The summed E-state index contributed by atoms with van der Waals surface area (Å²) in [5.74, 6) is 0. The van der Waals surface area contributed by atoms with E-state index in [2.05, 4.69) is 45.9 Å². The molecule has 1 heterocycles. The molecule has 5 heteroatoms. The van der Waals surface area contributed by atoms with Crippen molar-refractivity contribution < 1.29 is 0 Å². The number of hydrogen-bond acceptors (Lipinski definition) is 3. The van der Waals surface area contributed by atoms with E-state index in [0.29, 0.717) is 12.6 Å². The van der Waals surface area contributed by atoms with Crippen molar-refractivity contribution in [2.24, 2.45) is 5.73 Å². The maximum atomic E-state index is 6.36. The number of halogens is 2. The van der Waals surface area contributed by atoms with Gasteiger partial charge in [0.05, 0.1) is 0 Å². The fourth-order valence-electron chi connectivity index (χ4n) is 2.96. The molecule has 0 saturated carbocycles. The van der Waals surface area contributed by atoms with Crippen molar-refractivity contribution >= 4 is 27.5 Å². The second-order valence-electron chi connectivity index (χ2n) is 5.65. The first-order valence-corrected chi connectivity index (χ1v) is 8.25. The molecule has 112 valence electrons. The third kappa shape index (κ3) is 3.74. The zero-order valence-corrected chi connectivity index (χ0v) is 14.5. The molecular weight excluding hydrogens is 338 g/mol. The van der Waals surface area contributed by atoms with Crippen LogP contribution in [0.2, 0.25) is 5.02 Å². The first-order chi connectivity index (χ1) is 9.52. The number of rotatable bonds is 4. The Morgan fingerprint density at radius 2 is 2.05 bits per heavy atom. The van der Waals surface area contributed by atoms with E-state index < -0.39 is 0 Å². The molecule has 0 aromatic heterocycles. The number of piperidine rings is 1. The number of nitrogens with zero attached hydrogens (tertiary/aromatic N) is 2. The third-order valence-corrected chi connectivity index (χ3v) is 5.05. The second-order valence-corrected chi connectivity index (χ2v) is 6.97. The van der Waals surface area contributed by atoms with Crippen molar-refractivity contribution in [2.45, 2.75) is 24.9 Å². The minimum atomic E-state index is 0.211. The predicted molar refractivity (Wildman–Crippen MR) is 89.2 cm³/mol. The van der Waals surface area contributed by atoms with Gasteiger partial charge in [-0.3, -0.25) is 4.90 Å². The predicted octanol–water partition coefficient (Wildman–Crippen LogP) is 3.13. The third-order valence-electron chi connectivity index (χ3n) is 4.21. The minimum Gasteiger partial charge on any atom is -0.329 e. The summed E-state index contributed by atoms with van der Waals surface area (Å²) in [4.78, 5) is 4.79. The van der Waals surface area contributed by atoms with Gasteiger partial charge in [-0.25, -0.2) is 0 Å². The van der Waals surface area contributed by atoms with Crippen LogP contribution in [-0.4, -0.2) is 49.6 Å². The second kappa shape index (κ2) is 7.23. The summed E-state index contributed by atoms with van der Waals surface area (Å²) in [7, 11) is 4.32. The van der Waals surface area contributed by atoms with Gasteiger partial charge >= 0.3 is 0 Å². The lowest BCUT2D eigenvalue weighted by Crippen LogP contribution is -2.45. The monoisotopic (exact) mass is 359 g/mol. The quantitative estimate of drug-likeness (QED) is 0.895. The number of likely N-dealkylation sites (tertiary alicyclic amines) is 1. The Bertz CT molecular complexity index is 445. The average molecular weight is 361 g/mol. The molecule has 1 fully saturated rings. The van der Waals surface area contributed by atoms with Gasteiger partial charge in [-0.2, -0.15) is 0 Å². The summed E-state index contributed by atoms with van der Waals surface area (Å²) in [6, 6.07) is 6.90. The SMILES string of the molecule is CN(C)C1CCN(C(CN)c2cc(Br)ccc2Cl)CC1. The molecule has 1 aromatic rings. The molecule has 1 saturated heterocycles.